The molecule has 0 fully saturated rings. The van der Waals surface area contributed by atoms with Gasteiger partial charge in [-0.2, -0.15) is 5.10 Å². The Kier molecular flexibility index (Phi) is 4.66. The van der Waals surface area contributed by atoms with E-state index in [-0.39, 0.29) is 5.75 Å². The van der Waals surface area contributed by atoms with E-state index in [0.717, 1.165) is 16.8 Å². The van der Waals surface area contributed by atoms with E-state index in [9.17, 15) is 5.11 Å². The number of benzene rings is 2. The zero-order valence-electron chi connectivity index (χ0n) is 12.3. The number of aromatic hydroxyl groups is 1. The fraction of sp³-hybridized carbons (Fsp3) is 0.188. The van der Waals surface area contributed by atoms with Crippen LogP contribution < -0.4 is 14.9 Å². The van der Waals surface area contributed by atoms with E-state index >= 15 is 0 Å². The lowest BCUT2D eigenvalue weighted by atomic mass is 10.2. The van der Waals surface area contributed by atoms with E-state index in [2.05, 4.69) is 10.5 Å². The molecule has 0 radical (unpaired) electrons. The van der Waals surface area contributed by atoms with Crippen molar-refractivity contribution in [1.82, 2.24) is 0 Å². The van der Waals surface area contributed by atoms with Crippen LogP contribution >= 0.6 is 0 Å². The van der Waals surface area contributed by atoms with Gasteiger partial charge >= 0.3 is 0 Å². The van der Waals surface area contributed by atoms with E-state index in [1.54, 1.807) is 18.3 Å². The van der Waals surface area contributed by atoms with E-state index in [1.807, 2.05) is 31.2 Å². The minimum atomic E-state index is -0.0243. The van der Waals surface area contributed by atoms with Crippen LogP contribution in [0.25, 0.3) is 0 Å². The fourth-order valence-corrected chi connectivity index (χ4v) is 1.88. The predicted octanol–water partition coefficient (Wildman–Crippen LogP) is 3.16. The Morgan fingerprint density at radius 3 is 2.33 bits per heavy atom. The maximum atomic E-state index is 9.84. The molecular formula is C16H18N2O3. The molecule has 0 amide bonds. The normalized spacial score (nSPS) is 10.6. The molecule has 0 aliphatic heterocycles. The molecule has 2 aromatic carbocycles. The van der Waals surface area contributed by atoms with Crippen LogP contribution in [0.15, 0.2) is 41.5 Å². The smallest absolute Gasteiger partial charge is 0.200 e. The van der Waals surface area contributed by atoms with Gasteiger partial charge in [0.2, 0.25) is 5.75 Å². The second kappa shape index (κ2) is 6.65. The molecule has 2 aromatic rings. The highest BCUT2D eigenvalue weighted by molar-refractivity contribution is 5.82. The van der Waals surface area contributed by atoms with Crippen molar-refractivity contribution in [3.8, 4) is 17.2 Å². The molecule has 0 unspecified atom stereocenters. The van der Waals surface area contributed by atoms with Gasteiger partial charge in [0.25, 0.3) is 0 Å². The number of hydrazone groups is 1. The highest BCUT2D eigenvalue weighted by atomic mass is 16.5. The Hall–Kier alpha value is -2.69. The fourth-order valence-electron chi connectivity index (χ4n) is 1.88. The summed E-state index contributed by atoms with van der Waals surface area (Å²) in [7, 11) is 2.97. The number of aryl methyl sites for hydroxylation is 1. The molecule has 0 saturated carbocycles. The van der Waals surface area contributed by atoms with Gasteiger partial charge in [0.15, 0.2) is 11.5 Å². The number of rotatable bonds is 5. The highest BCUT2D eigenvalue weighted by Gasteiger charge is 2.10. The Morgan fingerprint density at radius 2 is 1.76 bits per heavy atom. The molecular weight excluding hydrogens is 268 g/mol. The molecule has 0 aromatic heterocycles. The van der Waals surface area contributed by atoms with Crippen molar-refractivity contribution < 1.29 is 14.6 Å². The van der Waals surface area contributed by atoms with Gasteiger partial charge in [0.05, 0.1) is 26.1 Å². The number of anilines is 1. The first-order chi connectivity index (χ1) is 10.1. The number of ether oxygens (including phenoxy) is 2. The Labute approximate surface area is 123 Å². The summed E-state index contributed by atoms with van der Waals surface area (Å²) in [6.45, 7) is 2.02. The highest BCUT2D eigenvalue weighted by Crippen LogP contribution is 2.36. The van der Waals surface area contributed by atoms with E-state index in [1.165, 1.54) is 14.2 Å². The summed E-state index contributed by atoms with van der Waals surface area (Å²) in [5.74, 6) is 0.654. The van der Waals surface area contributed by atoms with Crippen molar-refractivity contribution in [3.63, 3.8) is 0 Å². The summed E-state index contributed by atoms with van der Waals surface area (Å²) < 4.78 is 10.2. The number of hydrogen-bond acceptors (Lipinski definition) is 5. The lowest BCUT2D eigenvalue weighted by molar-refractivity contribution is 0.340. The maximum Gasteiger partial charge on any atom is 0.200 e. The van der Waals surface area contributed by atoms with Crippen molar-refractivity contribution >= 4 is 11.9 Å². The van der Waals surface area contributed by atoms with Crippen LogP contribution in [0.2, 0.25) is 0 Å². The summed E-state index contributed by atoms with van der Waals surface area (Å²) in [4.78, 5) is 0. The van der Waals surface area contributed by atoms with E-state index < -0.39 is 0 Å². The summed E-state index contributed by atoms with van der Waals surface area (Å²) in [5.41, 5.74) is 5.76. The number of nitrogens with one attached hydrogen (secondary N) is 1. The SMILES string of the molecule is COc1cc(C=NNc2cccc(C)c2)cc(OC)c1O. The maximum absolute atomic E-state index is 9.84. The number of hydrogen-bond donors (Lipinski definition) is 2. The summed E-state index contributed by atoms with van der Waals surface area (Å²) >= 11 is 0. The molecule has 21 heavy (non-hydrogen) atoms. The number of phenolic OH excluding ortho intramolecular Hbond substituents is 1. The van der Waals surface area contributed by atoms with Crippen LogP contribution in [0.1, 0.15) is 11.1 Å². The van der Waals surface area contributed by atoms with Gasteiger partial charge in [-0.05, 0) is 36.8 Å². The molecule has 0 aliphatic carbocycles. The standard InChI is InChI=1S/C16H18N2O3/c1-11-5-4-6-13(7-11)18-17-10-12-8-14(20-2)16(19)15(9-12)21-3/h4-10,18-19H,1-3H3. The monoisotopic (exact) mass is 286 g/mol. The van der Waals surface area contributed by atoms with Crippen molar-refractivity contribution in [1.29, 1.82) is 0 Å². The number of nitrogens with zero attached hydrogens (tertiary/aromatic N) is 1. The molecule has 2 N–H and O–H groups in total. The average Bonchev–Trinajstić information content (AvgIpc) is 2.48. The first kappa shape index (κ1) is 14.7. The molecule has 5 heteroatoms. The first-order valence-electron chi connectivity index (χ1n) is 6.44. The Balaban J connectivity index is 2.17. The molecule has 110 valence electrons. The van der Waals surface area contributed by atoms with Gasteiger partial charge in [-0.25, -0.2) is 0 Å². The molecule has 5 nitrogen and oxygen atoms in total. The van der Waals surface area contributed by atoms with Gasteiger partial charge < -0.3 is 14.6 Å². The lowest BCUT2D eigenvalue weighted by Gasteiger charge is -2.09. The summed E-state index contributed by atoms with van der Waals surface area (Å²) in [6, 6.07) is 11.3. The lowest BCUT2D eigenvalue weighted by Crippen LogP contribution is -1.94. The molecule has 0 saturated heterocycles. The number of methoxy groups -OCH3 is 2. The topological polar surface area (TPSA) is 63.1 Å². The van der Waals surface area contributed by atoms with Gasteiger partial charge in [0, 0.05) is 5.56 Å². The largest absolute Gasteiger partial charge is 0.502 e. The molecule has 0 aliphatic rings. The number of phenols is 1. The summed E-state index contributed by atoms with van der Waals surface area (Å²) in [6.07, 6.45) is 1.63. The van der Waals surface area contributed by atoms with Crippen LogP contribution in [0, 0.1) is 6.92 Å². The van der Waals surface area contributed by atoms with Crippen LogP contribution in [0.4, 0.5) is 5.69 Å². The third kappa shape index (κ3) is 3.66. The third-order valence-corrected chi connectivity index (χ3v) is 2.93. The third-order valence-electron chi connectivity index (χ3n) is 2.93. The zero-order chi connectivity index (χ0) is 15.2. The summed E-state index contributed by atoms with van der Waals surface area (Å²) in [5, 5.41) is 14.0. The van der Waals surface area contributed by atoms with Gasteiger partial charge in [-0.3, -0.25) is 5.43 Å². The predicted molar refractivity (Wildman–Crippen MR) is 83.6 cm³/mol. The average molecular weight is 286 g/mol. The quantitative estimate of drug-likeness (QED) is 0.654. The molecule has 0 atom stereocenters. The molecule has 0 heterocycles. The van der Waals surface area contributed by atoms with E-state index in [4.69, 9.17) is 9.47 Å². The second-order valence-electron chi connectivity index (χ2n) is 4.51. The van der Waals surface area contributed by atoms with Crippen LogP contribution in [0.5, 0.6) is 17.2 Å². The minimum absolute atomic E-state index is 0.0243. The van der Waals surface area contributed by atoms with Crippen LogP contribution in [0.3, 0.4) is 0 Å². The van der Waals surface area contributed by atoms with E-state index in [0.29, 0.717) is 11.5 Å². The zero-order valence-corrected chi connectivity index (χ0v) is 12.3. The van der Waals surface area contributed by atoms with Crippen LogP contribution in [-0.2, 0) is 0 Å². The first-order valence-corrected chi connectivity index (χ1v) is 6.44. The van der Waals surface area contributed by atoms with Gasteiger partial charge in [-0.15, -0.1) is 0 Å². The molecule has 0 spiro atoms. The Bertz CT molecular complexity index is 629. The van der Waals surface area contributed by atoms with Gasteiger partial charge in [-0.1, -0.05) is 12.1 Å². The molecule has 2 rings (SSSR count). The van der Waals surface area contributed by atoms with Crippen molar-refractivity contribution in [2.45, 2.75) is 6.92 Å². The second-order valence-corrected chi connectivity index (χ2v) is 4.51. The Morgan fingerprint density at radius 1 is 1.10 bits per heavy atom. The van der Waals surface area contributed by atoms with Crippen molar-refractivity contribution in [3.05, 3.63) is 47.5 Å². The van der Waals surface area contributed by atoms with Gasteiger partial charge in [0.1, 0.15) is 0 Å². The van der Waals surface area contributed by atoms with Crippen molar-refractivity contribution in [2.75, 3.05) is 19.6 Å². The van der Waals surface area contributed by atoms with Crippen LogP contribution in [-0.4, -0.2) is 25.5 Å². The van der Waals surface area contributed by atoms with Crippen molar-refractivity contribution in [2.24, 2.45) is 5.10 Å². The molecule has 0 bridgehead atoms. The minimum Gasteiger partial charge on any atom is -0.502 e.